The van der Waals surface area contributed by atoms with Crippen LogP contribution in [0.1, 0.15) is 25.7 Å². The molecule has 3 atom stereocenters. The summed E-state index contributed by atoms with van der Waals surface area (Å²) in [5.41, 5.74) is 0. The van der Waals surface area contributed by atoms with Crippen molar-refractivity contribution in [2.45, 2.75) is 43.0 Å². The molecular formula is C13H19N3O2S. The van der Waals surface area contributed by atoms with Crippen molar-refractivity contribution in [2.75, 3.05) is 12.3 Å². The molecule has 0 aliphatic carbocycles. The van der Waals surface area contributed by atoms with Gasteiger partial charge in [0.1, 0.15) is 0 Å². The Hall–Kier alpha value is -1.35. The largest absolute Gasteiger partial charge is 0.345 e. The Morgan fingerprint density at radius 1 is 1.47 bits per heavy atom. The molecule has 3 N–H and O–H groups in total. The molecule has 19 heavy (non-hydrogen) atoms. The van der Waals surface area contributed by atoms with E-state index in [9.17, 15) is 9.59 Å². The molecule has 0 saturated carbocycles. The Bertz CT molecular complexity index is 394. The molecule has 6 heteroatoms. The Morgan fingerprint density at radius 3 is 3.11 bits per heavy atom. The zero-order chi connectivity index (χ0) is 13.7. The lowest BCUT2D eigenvalue weighted by Crippen LogP contribution is -2.36. The zero-order valence-electron chi connectivity index (χ0n) is 10.8. The highest BCUT2D eigenvalue weighted by Crippen LogP contribution is 2.33. The Labute approximate surface area is 117 Å². The molecule has 0 aromatic carbocycles. The van der Waals surface area contributed by atoms with Crippen molar-refractivity contribution < 1.29 is 9.59 Å². The molecule has 0 aromatic rings. The number of thioether (sulfide) groups is 1. The minimum Gasteiger partial charge on any atom is -0.345 e. The van der Waals surface area contributed by atoms with E-state index < -0.39 is 0 Å². The number of nitrogens with one attached hydrogen (secondary N) is 3. The Kier molecular flexibility index (Phi) is 4.97. The highest BCUT2D eigenvalue weighted by molar-refractivity contribution is 8.00. The summed E-state index contributed by atoms with van der Waals surface area (Å²) in [5, 5.41) is 9.02. The number of amides is 3. The molecule has 3 amide bonds. The third-order valence-corrected chi connectivity index (χ3v) is 4.98. The van der Waals surface area contributed by atoms with Gasteiger partial charge in [-0.05, 0) is 12.8 Å². The highest BCUT2D eigenvalue weighted by Gasteiger charge is 2.42. The smallest absolute Gasteiger partial charge is 0.315 e. The maximum atomic E-state index is 11.3. The van der Waals surface area contributed by atoms with Crippen LogP contribution in [0.3, 0.4) is 0 Å². The monoisotopic (exact) mass is 281 g/mol. The van der Waals surface area contributed by atoms with Gasteiger partial charge in [-0.3, -0.25) is 4.79 Å². The van der Waals surface area contributed by atoms with Crippen molar-refractivity contribution in [2.24, 2.45) is 0 Å². The predicted molar refractivity (Wildman–Crippen MR) is 75.8 cm³/mol. The second kappa shape index (κ2) is 6.71. The van der Waals surface area contributed by atoms with Crippen LogP contribution in [0.4, 0.5) is 4.79 Å². The third-order valence-electron chi connectivity index (χ3n) is 3.47. The molecule has 2 fully saturated rings. The van der Waals surface area contributed by atoms with Crippen molar-refractivity contribution >= 4 is 23.7 Å². The van der Waals surface area contributed by atoms with E-state index in [1.165, 1.54) is 0 Å². The summed E-state index contributed by atoms with van der Waals surface area (Å²) in [6.07, 6.45) is 8.50. The second-order valence-electron chi connectivity index (χ2n) is 4.85. The van der Waals surface area contributed by atoms with E-state index in [2.05, 4.69) is 21.9 Å². The molecule has 5 nitrogen and oxygen atoms in total. The summed E-state index contributed by atoms with van der Waals surface area (Å²) < 4.78 is 0. The number of unbranched alkanes of at least 4 members (excludes halogenated alkanes) is 1. The quantitative estimate of drug-likeness (QED) is 0.376. The Balaban J connectivity index is 1.60. The van der Waals surface area contributed by atoms with Crippen LogP contribution >= 0.6 is 11.8 Å². The lowest BCUT2D eigenvalue weighted by molar-refractivity contribution is -0.120. The number of fused-ring (bicyclic) bond motifs is 1. The highest BCUT2D eigenvalue weighted by atomic mass is 32.2. The fourth-order valence-electron chi connectivity index (χ4n) is 2.51. The molecule has 2 heterocycles. The van der Waals surface area contributed by atoms with Crippen LogP contribution in [0.15, 0.2) is 0 Å². The summed E-state index contributed by atoms with van der Waals surface area (Å²) in [6, 6.07) is 0.489. The first-order valence-corrected chi connectivity index (χ1v) is 7.64. The lowest BCUT2D eigenvalue weighted by Gasteiger charge is -2.16. The maximum Gasteiger partial charge on any atom is 0.315 e. The van der Waals surface area contributed by atoms with Crippen LogP contribution in [0.25, 0.3) is 0 Å². The van der Waals surface area contributed by atoms with Crippen molar-refractivity contribution in [3.8, 4) is 12.3 Å². The third kappa shape index (κ3) is 3.80. The number of rotatable bonds is 6. The first-order chi connectivity index (χ1) is 9.20. The van der Waals surface area contributed by atoms with Gasteiger partial charge in [0.05, 0.1) is 18.6 Å². The van der Waals surface area contributed by atoms with Gasteiger partial charge in [-0.25, -0.2) is 4.79 Å². The average Bonchev–Trinajstić information content (AvgIpc) is 2.92. The van der Waals surface area contributed by atoms with Crippen molar-refractivity contribution in [1.82, 2.24) is 16.0 Å². The molecule has 0 aromatic heterocycles. The van der Waals surface area contributed by atoms with E-state index in [1.807, 2.05) is 11.8 Å². The van der Waals surface area contributed by atoms with Crippen LogP contribution in [-0.4, -0.2) is 41.6 Å². The van der Waals surface area contributed by atoms with Crippen LogP contribution in [0, 0.1) is 12.3 Å². The molecule has 2 aliphatic heterocycles. The fourth-order valence-corrected chi connectivity index (χ4v) is 4.06. The first kappa shape index (κ1) is 14.1. The van der Waals surface area contributed by atoms with Crippen LogP contribution < -0.4 is 16.0 Å². The molecule has 2 rings (SSSR count). The molecule has 0 bridgehead atoms. The van der Waals surface area contributed by atoms with Gasteiger partial charge in [0.15, 0.2) is 0 Å². The van der Waals surface area contributed by atoms with Crippen molar-refractivity contribution in [3.05, 3.63) is 0 Å². The SMILES string of the molecule is C#CCNC(=O)CCCC[C@H]1SC[C@@H]2NC(=O)N[C@@H]21. The molecule has 2 saturated heterocycles. The number of urea groups is 1. The normalized spacial score (nSPS) is 28.2. The van der Waals surface area contributed by atoms with E-state index in [0.717, 1.165) is 25.0 Å². The Morgan fingerprint density at radius 2 is 2.32 bits per heavy atom. The second-order valence-corrected chi connectivity index (χ2v) is 6.12. The number of carbonyl (C=O) groups is 2. The summed E-state index contributed by atoms with van der Waals surface area (Å²) in [4.78, 5) is 22.6. The summed E-state index contributed by atoms with van der Waals surface area (Å²) in [6.45, 7) is 0.304. The standard InChI is InChI=1S/C13H19N3O2S/c1-2-7-14-11(17)6-4-3-5-10-12-9(8-19-10)15-13(18)16-12/h1,9-10,12H,3-8H2,(H,14,17)(H2,15,16,18)/t9-,10+,12-/m0/s1. The van der Waals surface area contributed by atoms with Crippen LogP contribution in [0.2, 0.25) is 0 Å². The van der Waals surface area contributed by atoms with Gasteiger partial charge in [-0.1, -0.05) is 12.3 Å². The molecule has 0 unspecified atom stereocenters. The van der Waals surface area contributed by atoms with E-state index in [0.29, 0.717) is 18.2 Å². The van der Waals surface area contributed by atoms with Gasteiger partial charge >= 0.3 is 6.03 Å². The van der Waals surface area contributed by atoms with Gasteiger partial charge in [0.2, 0.25) is 5.91 Å². The number of terminal acetylenes is 1. The lowest BCUT2D eigenvalue weighted by atomic mass is 10.0. The number of carbonyl (C=O) groups excluding carboxylic acids is 2. The molecule has 0 spiro atoms. The average molecular weight is 281 g/mol. The molecular weight excluding hydrogens is 262 g/mol. The molecule has 2 aliphatic rings. The minimum absolute atomic E-state index is 0.0192. The van der Waals surface area contributed by atoms with Gasteiger partial charge in [-0.2, -0.15) is 11.8 Å². The molecule has 104 valence electrons. The summed E-state index contributed by atoms with van der Waals surface area (Å²) in [7, 11) is 0. The van der Waals surface area contributed by atoms with Crippen LogP contribution in [-0.2, 0) is 4.79 Å². The van der Waals surface area contributed by atoms with Gasteiger partial charge in [0.25, 0.3) is 0 Å². The van der Waals surface area contributed by atoms with Gasteiger partial charge in [-0.15, -0.1) is 6.42 Å². The zero-order valence-corrected chi connectivity index (χ0v) is 11.6. The maximum absolute atomic E-state index is 11.3. The first-order valence-electron chi connectivity index (χ1n) is 6.59. The topological polar surface area (TPSA) is 70.2 Å². The van der Waals surface area contributed by atoms with E-state index in [4.69, 9.17) is 6.42 Å². The van der Waals surface area contributed by atoms with E-state index >= 15 is 0 Å². The number of hydrogen-bond acceptors (Lipinski definition) is 3. The van der Waals surface area contributed by atoms with E-state index in [-0.39, 0.29) is 24.0 Å². The van der Waals surface area contributed by atoms with Crippen molar-refractivity contribution in [1.29, 1.82) is 0 Å². The minimum atomic E-state index is -0.0473. The van der Waals surface area contributed by atoms with Crippen LogP contribution in [0.5, 0.6) is 0 Å². The molecule has 0 radical (unpaired) electrons. The van der Waals surface area contributed by atoms with Crippen molar-refractivity contribution in [3.63, 3.8) is 0 Å². The summed E-state index contributed by atoms with van der Waals surface area (Å²) >= 11 is 1.90. The number of hydrogen-bond donors (Lipinski definition) is 3. The van der Waals surface area contributed by atoms with Gasteiger partial charge in [0, 0.05) is 17.4 Å². The fraction of sp³-hybridized carbons (Fsp3) is 0.692. The van der Waals surface area contributed by atoms with Gasteiger partial charge < -0.3 is 16.0 Å². The summed E-state index contributed by atoms with van der Waals surface area (Å²) in [5.74, 6) is 3.38. The predicted octanol–water partition coefficient (Wildman–Crippen LogP) is 0.462. The van der Waals surface area contributed by atoms with E-state index in [1.54, 1.807) is 0 Å².